The van der Waals surface area contributed by atoms with E-state index in [9.17, 15) is 25.2 Å². The standard InChI is InChI=1S/C56H111NO5/c1-3-5-7-9-11-13-15-17-19-20-21-22-23-24-25-26-27-28-29-30-31-32-33-34-36-38-40-42-44-46-48-50-54(60)56(62)57-52(51-58)55(61)53(59)49-47-45-43-41-39-37-35-18-16-14-12-10-8-6-4-2/h24-25,52-55,58-61H,3-23,26-51H2,1-2H3,(H,57,62)/b25-24-. The van der Waals surface area contributed by atoms with E-state index in [1.54, 1.807) is 0 Å². The summed E-state index contributed by atoms with van der Waals surface area (Å²) in [7, 11) is 0. The lowest BCUT2D eigenvalue weighted by Gasteiger charge is -2.27. The monoisotopic (exact) mass is 878 g/mol. The first-order valence-corrected chi connectivity index (χ1v) is 28.1. The highest BCUT2D eigenvalue weighted by Crippen LogP contribution is 2.18. The van der Waals surface area contributed by atoms with Crippen LogP contribution in [0.25, 0.3) is 0 Å². The second-order valence-electron chi connectivity index (χ2n) is 19.6. The Balaban J connectivity index is 3.56. The first-order chi connectivity index (χ1) is 30.5. The fraction of sp³-hybridized carbons (Fsp3) is 0.946. The van der Waals surface area contributed by atoms with Gasteiger partial charge in [0.2, 0.25) is 5.91 Å². The van der Waals surface area contributed by atoms with E-state index in [0.717, 1.165) is 38.5 Å². The van der Waals surface area contributed by atoms with Crippen molar-refractivity contribution in [2.75, 3.05) is 6.61 Å². The Morgan fingerprint density at radius 3 is 0.935 bits per heavy atom. The molecule has 0 aliphatic rings. The van der Waals surface area contributed by atoms with Crippen molar-refractivity contribution in [3.05, 3.63) is 12.2 Å². The van der Waals surface area contributed by atoms with E-state index in [-0.39, 0.29) is 0 Å². The number of hydrogen-bond donors (Lipinski definition) is 5. The first kappa shape index (κ1) is 61.0. The van der Waals surface area contributed by atoms with Crippen LogP contribution in [0, 0.1) is 0 Å². The molecule has 0 saturated heterocycles. The van der Waals surface area contributed by atoms with Crippen molar-refractivity contribution in [3.63, 3.8) is 0 Å². The van der Waals surface area contributed by atoms with Gasteiger partial charge in [-0.1, -0.05) is 283 Å². The topological polar surface area (TPSA) is 110 Å². The Bertz CT molecular complexity index is 898. The predicted octanol–water partition coefficient (Wildman–Crippen LogP) is 16.1. The number of aliphatic hydroxyl groups excluding tert-OH is 4. The van der Waals surface area contributed by atoms with E-state index < -0.39 is 36.9 Å². The zero-order chi connectivity index (χ0) is 45.2. The highest BCUT2D eigenvalue weighted by Gasteiger charge is 2.28. The van der Waals surface area contributed by atoms with Crippen LogP contribution in [-0.4, -0.2) is 57.3 Å². The lowest BCUT2D eigenvalue weighted by molar-refractivity contribution is -0.132. The summed E-state index contributed by atoms with van der Waals surface area (Å²) in [5.41, 5.74) is 0. The lowest BCUT2D eigenvalue weighted by Crippen LogP contribution is -2.53. The molecule has 0 bridgehead atoms. The van der Waals surface area contributed by atoms with Crippen molar-refractivity contribution in [3.8, 4) is 0 Å². The Morgan fingerprint density at radius 2 is 0.645 bits per heavy atom. The van der Waals surface area contributed by atoms with Crippen molar-refractivity contribution >= 4 is 5.91 Å². The zero-order valence-electron chi connectivity index (χ0n) is 41.9. The van der Waals surface area contributed by atoms with Crippen LogP contribution in [-0.2, 0) is 4.79 Å². The minimum absolute atomic E-state index is 0.373. The van der Waals surface area contributed by atoms with Gasteiger partial charge in [0, 0.05) is 0 Å². The zero-order valence-corrected chi connectivity index (χ0v) is 41.9. The Labute approximate surface area is 387 Å². The maximum atomic E-state index is 12.6. The summed E-state index contributed by atoms with van der Waals surface area (Å²) in [4.78, 5) is 12.6. The summed E-state index contributed by atoms with van der Waals surface area (Å²) in [5, 5.41) is 43.9. The molecule has 1 amide bonds. The third kappa shape index (κ3) is 44.3. The SMILES string of the molecule is CCCCCCCCCCCCCC/C=C\CCCCCCCCCCCCCCCCCC(O)C(=O)NC(CO)C(O)C(O)CCCCCCCCCCCCCCCCC. The van der Waals surface area contributed by atoms with Gasteiger partial charge in [0.1, 0.15) is 12.2 Å². The molecule has 0 aliphatic carbocycles. The van der Waals surface area contributed by atoms with E-state index in [1.807, 2.05) is 0 Å². The van der Waals surface area contributed by atoms with Crippen LogP contribution in [0.3, 0.4) is 0 Å². The Morgan fingerprint density at radius 1 is 0.387 bits per heavy atom. The normalized spacial score (nSPS) is 13.8. The molecule has 0 radical (unpaired) electrons. The van der Waals surface area contributed by atoms with Gasteiger partial charge in [-0.3, -0.25) is 4.79 Å². The van der Waals surface area contributed by atoms with Crippen molar-refractivity contribution in [1.29, 1.82) is 0 Å². The second-order valence-corrected chi connectivity index (χ2v) is 19.6. The average molecular weight is 879 g/mol. The van der Waals surface area contributed by atoms with Crippen LogP contribution in [0.4, 0.5) is 0 Å². The molecule has 6 nitrogen and oxygen atoms in total. The lowest BCUT2D eigenvalue weighted by atomic mass is 9.99. The summed E-state index contributed by atoms with van der Waals surface area (Å²) >= 11 is 0. The van der Waals surface area contributed by atoms with Gasteiger partial charge in [-0.2, -0.15) is 0 Å². The summed E-state index contributed by atoms with van der Waals surface area (Å²) < 4.78 is 0. The van der Waals surface area contributed by atoms with Crippen molar-refractivity contribution in [2.24, 2.45) is 0 Å². The minimum atomic E-state index is -1.26. The van der Waals surface area contributed by atoms with Gasteiger partial charge in [-0.25, -0.2) is 0 Å². The summed E-state index contributed by atoms with van der Waals surface area (Å²) in [6, 6.07) is -0.982. The smallest absolute Gasteiger partial charge is 0.249 e. The second kappa shape index (κ2) is 51.0. The van der Waals surface area contributed by atoms with Gasteiger partial charge in [-0.15, -0.1) is 0 Å². The van der Waals surface area contributed by atoms with E-state index >= 15 is 0 Å². The molecule has 0 saturated carbocycles. The number of carbonyl (C=O) groups excluding carboxylic acids is 1. The van der Waals surface area contributed by atoms with Gasteiger partial charge in [0.05, 0.1) is 18.8 Å². The molecule has 6 heteroatoms. The third-order valence-electron chi connectivity index (χ3n) is 13.5. The molecule has 0 fully saturated rings. The summed E-state index contributed by atoms with van der Waals surface area (Å²) in [6.45, 7) is 4.08. The number of amides is 1. The fourth-order valence-corrected chi connectivity index (χ4v) is 9.05. The molecule has 0 aromatic heterocycles. The average Bonchev–Trinajstić information content (AvgIpc) is 3.28. The molecular formula is C56H111NO5. The minimum Gasteiger partial charge on any atom is -0.394 e. The van der Waals surface area contributed by atoms with Crippen LogP contribution in [0.15, 0.2) is 12.2 Å². The molecule has 0 aromatic carbocycles. The molecule has 4 atom stereocenters. The third-order valence-corrected chi connectivity index (χ3v) is 13.5. The van der Waals surface area contributed by atoms with Gasteiger partial charge in [0.15, 0.2) is 0 Å². The highest BCUT2D eigenvalue weighted by molar-refractivity contribution is 5.80. The van der Waals surface area contributed by atoms with Crippen molar-refractivity contribution in [2.45, 2.75) is 334 Å². The Kier molecular flexibility index (Phi) is 50.3. The van der Waals surface area contributed by atoms with Crippen LogP contribution < -0.4 is 5.32 Å². The van der Waals surface area contributed by atoms with Crippen LogP contribution >= 0.6 is 0 Å². The maximum absolute atomic E-state index is 12.6. The molecule has 0 aliphatic heterocycles. The van der Waals surface area contributed by atoms with E-state index in [4.69, 9.17) is 0 Å². The summed E-state index contributed by atoms with van der Waals surface area (Å²) in [5.74, 6) is -0.578. The molecular weight excluding hydrogens is 767 g/mol. The van der Waals surface area contributed by atoms with Crippen LogP contribution in [0.1, 0.15) is 309 Å². The number of carbonyl (C=O) groups is 1. The van der Waals surface area contributed by atoms with Gasteiger partial charge < -0.3 is 25.7 Å². The molecule has 4 unspecified atom stereocenters. The van der Waals surface area contributed by atoms with Gasteiger partial charge in [0.25, 0.3) is 0 Å². The highest BCUT2D eigenvalue weighted by atomic mass is 16.3. The molecule has 0 spiro atoms. The number of aliphatic hydroxyl groups is 4. The van der Waals surface area contributed by atoms with Crippen molar-refractivity contribution < 1.29 is 25.2 Å². The molecule has 0 heterocycles. The summed E-state index contributed by atoms with van der Waals surface area (Å²) in [6.07, 6.45) is 60.0. The number of nitrogens with one attached hydrogen (secondary N) is 1. The van der Waals surface area contributed by atoms with Crippen LogP contribution in [0.2, 0.25) is 0 Å². The van der Waals surface area contributed by atoms with E-state index in [0.29, 0.717) is 12.8 Å². The van der Waals surface area contributed by atoms with Crippen LogP contribution in [0.5, 0.6) is 0 Å². The van der Waals surface area contributed by atoms with Gasteiger partial charge >= 0.3 is 0 Å². The Hall–Kier alpha value is -0.950. The fourth-order valence-electron chi connectivity index (χ4n) is 9.05. The number of allylic oxidation sites excluding steroid dienone is 2. The first-order valence-electron chi connectivity index (χ1n) is 28.1. The van der Waals surface area contributed by atoms with E-state index in [1.165, 1.54) is 244 Å². The molecule has 0 aromatic rings. The molecule has 0 rings (SSSR count). The maximum Gasteiger partial charge on any atom is 0.249 e. The van der Waals surface area contributed by atoms with Gasteiger partial charge in [-0.05, 0) is 38.5 Å². The van der Waals surface area contributed by atoms with Crippen molar-refractivity contribution in [1.82, 2.24) is 5.32 Å². The molecule has 370 valence electrons. The predicted molar refractivity (Wildman–Crippen MR) is 270 cm³/mol. The molecule has 5 N–H and O–H groups in total. The number of unbranched alkanes of at least 4 members (excludes halogenated alkanes) is 41. The van der Waals surface area contributed by atoms with E-state index in [2.05, 4.69) is 31.3 Å². The quantitative estimate of drug-likeness (QED) is 0.0309. The largest absolute Gasteiger partial charge is 0.394 e. The number of rotatable bonds is 52. The molecule has 62 heavy (non-hydrogen) atoms. The number of hydrogen-bond acceptors (Lipinski definition) is 5.